The zero-order valence-corrected chi connectivity index (χ0v) is 19.3. The van der Waals surface area contributed by atoms with Gasteiger partial charge in [-0.25, -0.2) is 9.97 Å². The number of nitrogens with one attached hydrogen (secondary N) is 3. The molecule has 3 aromatic rings. The number of piperidine rings is 1. The lowest BCUT2D eigenvalue weighted by Crippen LogP contribution is -2.44. The van der Waals surface area contributed by atoms with E-state index >= 15 is 0 Å². The summed E-state index contributed by atoms with van der Waals surface area (Å²) in [4.78, 5) is 12.0. The fourth-order valence-corrected chi connectivity index (χ4v) is 5.04. The van der Waals surface area contributed by atoms with E-state index in [1.54, 1.807) is 11.8 Å². The average Bonchev–Trinajstić information content (AvgIpc) is 3.31. The third-order valence-electron chi connectivity index (χ3n) is 6.53. The molecule has 2 fully saturated rings. The number of ether oxygens (including phenoxy) is 1. The Kier molecular flexibility index (Phi) is 6.75. The minimum absolute atomic E-state index is 0.679. The van der Waals surface area contributed by atoms with Crippen molar-refractivity contribution in [1.29, 1.82) is 0 Å². The molecule has 0 spiro atoms. The second-order valence-corrected chi connectivity index (χ2v) is 9.40. The lowest BCUT2D eigenvalue weighted by atomic mass is 9.94. The molecule has 0 saturated carbocycles. The fourth-order valence-electron chi connectivity index (χ4n) is 4.66. The Morgan fingerprint density at radius 1 is 1.09 bits per heavy atom. The van der Waals surface area contributed by atoms with Gasteiger partial charge < -0.3 is 20.3 Å². The maximum absolute atomic E-state index is 5.52. The van der Waals surface area contributed by atoms with Crippen molar-refractivity contribution < 1.29 is 4.74 Å². The molecule has 4 heterocycles. The molecule has 3 N–H and O–H groups in total. The van der Waals surface area contributed by atoms with E-state index in [1.807, 2.05) is 30.7 Å². The summed E-state index contributed by atoms with van der Waals surface area (Å²) < 4.78 is 5.52. The molecule has 9 heteroatoms. The van der Waals surface area contributed by atoms with Crippen LogP contribution in [-0.4, -0.2) is 70.2 Å². The summed E-state index contributed by atoms with van der Waals surface area (Å²) in [6.07, 6.45) is 8.68. The first-order valence-corrected chi connectivity index (χ1v) is 12.7. The lowest BCUT2D eigenvalue weighted by Gasteiger charge is -2.39. The molecule has 170 valence electrons. The Balaban J connectivity index is 1.18. The first-order chi connectivity index (χ1) is 15.8. The van der Waals surface area contributed by atoms with Crippen molar-refractivity contribution in [2.24, 2.45) is 5.92 Å². The van der Waals surface area contributed by atoms with Crippen LogP contribution in [0.3, 0.4) is 0 Å². The van der Waals surface area contributed by atoms with Gasteiger partial charge in [0.1, 0.15) is 11.6 Å². The van der Waals surface area contributed by atoms with Gasteiger partial charge in [-0.3, -0.25) is 5.10 Å². The molecule has 2 aliphatic heterocycles. The molecule has 2 saturated heterocycles. The van der Waals surface area contributed by atoms with Gasteiger partial charge in [0.15, 0.2) is 5.16 Å². The highest BCUT2D eigenvalue weighted by molar-refractivity contribution is 7.98. The number of H-pyrrole nitrogens is 1. The molecule has 32 heavy (non-hydrogen) atoms. The van der Waals surface area contributed by atoms with Crippen molar-refractivity contribution in [2.45, 2.75) is 36.9 Å². The van der Waals surface area contributed by atoms with Crippen LogP contribution in [0.4, 0.5) is 17.3 Å². The van der Waals surface area contributed by atoms with E-state index in [9.17, 15) is 0 Å². The van der Waals surface area contributed by atoms with Gasteiger partial charge in [0, 0.05) is 42.9 Å². The summed E-state index contributed by atoms with van der Waals surface area (Å²) in [6, 6.07) is 8.84. The van der Waals surface area contributed by atoms with Crippen LogP contribution >= 0.6 is 11.8 Å². The predicted molar refractivity (Wildman–Crippen MR) is 130 cm³/mol. The first-order valence-electron chi connectivity index (χ1n) is 11.5. The van der Waals surface area contributed by atoms with Crippen LogP contribution in [0.2, 0.25) is 0 Å². The molecule has 2 aliphatic rings. The molecule has 0 unspecified atom stereocenters. The molecule has 0 atom stereocenters. The number of aromatic nitrogens is 4. The van der Waals surface area contributed by atoms with Crippen LogP contribution in [0.1, 0.15) is 25.7 Å². The zero-order chi connectivity index (χ0) is 21.8. The minimum atomic E-state index is 0.679. The molecular weight excluding hydrogens is 422 g/mol. The maximum Gasteiger partial charge on any atom is 0.191 e. The van der Waals surface area contributed by atoms with Crippen LogP contribution in [0.15, 0.2) is 35.6 Å². The predicted octanol–water partition coefficient (Wildman–Crippen LogP) is 4.12. The Hall–Kier alpha value is -2.36. The van der Waals surface area contributed by atoms with Crippen LogP contribution < -0.4 is 10.6 Å². The number of likely N-dealkylation sites (tertiary alicyclic amines) is 1. The number of fused-ring (bicyclic) bond motifs is 1. The van der Waals surface area contributed by atoms with Crippen LogP contribution in [-0.2, 0) is 4.74 Å². The van der Waals surface area contributed by atoms with E-state index in [2.05, 4.69) is 41.8 Å². The maximum atomic E-state index is 5.52. The molecule has 0 amide bonds. The van der Waals surface area contributed by atoms with Gasteiger partial charge in [-0.05, 0) is 69.1 Å². The lowest BCUT2D eigenvalue weighted by molar-refractivity contribution is 0.0219. The SMILES string of the molecule is CSc1nc(NCC2CCN(C3CCOCC3)CC2)cc(Nc2ccc3[nH]ncc3c2)n1. The number of hydrogen-bond acceptors (Lipinski definition) is 8. The smallest absolute Gasteiger partial charge is 0.191 e. The highest BCUT2D eigenvalue weighted by atomic mass is 32.2. The quantitative estimate of drug-likeness (QED) is 0.364. The fraction of sp³-hybridized carbons (Fsp3) is 0.522. The summed E-state index contributed by atoms with van der Waals surface area (Å²) in [5.41, 5.74) is 2.00. The second kappa shape index (κ2) is 10.1. The zero-order valence-electron chi connectivity index (χ0n) is 18.5. The van der Waals surface area contributed by atoms with Crippen molar-refractivity contribution in [3.63, 3.8) is 0 Å². The summed E-state index contributed by atoms with van der Waals surface area (Å²) in [7, 11) is 0. The van der Waals surface area contributed by atoms with Crippen LogP contribution in [0.25, 0.3) is 10.9 Å². The molecule has 0 bridgehead atoms. The van der Waals surface area contributed by atoms with Crippen LogP contribution in [0, 0.1) is 5.92 Å². The van der Waals surface area contributed by atoms with Crippen molar-refractivity contribution in [2.75, 3.05) is 49.7 Å². The van der Waals surface area contributed by atoms with Gasteiger partial charge in [-0.2, -0.15) is 5.10 Å². The number of hydrogen-bond donors (Lipinski definition) is 3. The highest BCUT2D eigenvalue weighted by Crippen LogP contribution is 2.26. The molecule has 8 nitrogen and oxygen atoms in total. The monoisotopic (exact) mass is 453 g/mol. The van der Waals surface area contributed by atoms with Gasteiger partial charge in [0.2, 0.25) is 0 Å². The second-order valence-electron chi connectivity index (χ2n) is 8.63. The Labute approximate surface area is 192 Å². The van der Waals surface area contributed by atoms with E-state index in [4.69, 9.17) is 4.74 Å². The third kappa shape index (κ3) is 5.16. The highest BCUT2D eigenvalue weighted by Gasteiger charge is 2.26. The molecule has 2 aromatic heterocycles. The van der Waals surface area contributed by atoms with Crippen molar-refractivity contribution >= 4 is 40.0 Å². The van der Waals surface area contributed by atoms with Crippen molar-refractivity contribution in [1.82, 2.24) is 25.1 Å². The Morgan fingerprint density at radius 2 is 1.91 bits per heavy atom. The Bertz CT molecular complexity index is 1030. The van der Waals surface area contributed by atoms with Gasteiger partial charge in [0.05, 0.1) is 11.7 Å². The van der Waals surface area contributed by atoms with Crippen molar-refractivity contribution in [3.8, 4) is 0 Å². The number of rotatable bonds is 7. The number of anilines is 3. The Morgan fingerprint density at radius 3 is 2.72 bits per heavy atom. The number of nitrogens with zero attached hydrogens (tertiary/aromatic N) is 4. The number of thioether (sulfide) groups is 1. The van der Waals surface area contributed by atoms with Gasteiger partial charge >= 0.3 is 0 Å². The first kappa shape index (κ1) is 21.5. The molecule has 1 aromatic carbocycles. The molecular formula is C23H31N7OS. The summed E-state index contributed by atoms with van der Waals surface area (Å²) in [6.45, 7) is 5.18. The summed E-state index contributed by atoms with van der Waals surface area (Å²) in [5.74, 6) is 2.35. The molecule has 5 rings (SSSR count). The third-order valence-corrected chi connectivity index (χ3v) is 7.08. The molecule has 0 radical (unpaired) electrons. The standard InChI is InChI=1S/C23H31N7OS/c1-32-23-27-21(13-22(28-23)26-18-2-3-20-17(12-18)15-25-29-20)24-14-16-4-8-30(9-5-16)19-6-10-31-11-7-19/h2-3,12-13,15-16,19H,4-11,14H2,1H3,(H,25,29)(H2,24,26,27,28). The van der Waals surface area contributed by atoms with E-state index in [1.165, 1.54) is 38.8 Å². The van der Waals surface area contributed by atoms with E-state index in [0.717, 1.165) is 59.2 Å². The van der Waals surface area contributed by atoms with Crippen LogP contribution in [0.5, 0.6) is 0 Å². The normalized spacial score (nSPS) is 18.8. The topological polar surface area (TPSA) is 91.0 Å². The summed E-state index contributed by atoms with van der Waals surface area (Å²) in [5, 5.41) is 15.9. The molecule has 0 aliphatic carbocycles. The van der Waals surface area contributed by atoms with Gasteiger partial charge in [0.25, 0.3) is 0 Å². The number of aromatic amines is 1. The largest absolute Gasteiger partial charge is 0.381 e. The van der Waals surface area contributed by atoms with E-state index in [-0.39, 0.29) is 0 Å². The number of benzene rings is 1. The van der Waals surface area contributed by atoms with E-state index < -0.39 is 0 Å². The average molecular weight is 454 g/mol. The van der Waals surface area contributed by atoms with Crippen molar-refractivity contribution in [3.05, 3.63) is 30.5 Å². The minimum Gasteiger partial charge on any atom is -0.381 e. The van der Waals surface area contributed by atoms with Gasteiger partial charge in [-0.1, -0.05) is 11.8 Å². The van der Waals surface area contributed by atoms with Gasteiger partial charge in [-0.15, -0.1) is 0 Å². The van der Waals surface area contributed by atoms with E-state index in [0.29, 0.717) is 5.92 Å². The summed E-state index contributed by atoms with van der Waals surface area (Å²) >= 11 is 1.56.